The molecule has 1 unspecified atom stereocenters. The van der Waals surface area contributed by atoms with Crippen LogP contribution in [0.25, 0.3) is 0 Å². The lowest BCUT2D eigenvalue weighted by Gasteiger charge is -2.23. The Labute approximate surface area is 95.5 Å². The van der Waals surface area contributed by atoms with E-state index in [0.717, 1.165) is 25.8 Å². The minimum atomic E-state index is 0.0804. The van der Waals surface area contributed by atoms with Gasteiger partial charge >= 0.3 is 0 Å². The van der Waals surface area contributed by atoms with E-state index in [9.17, 15) is 4.79 Å². The van der Waals surface area contributed by atoms with Crippen molar-refractivity contribution in [2.45, 2.75) is 32.2 Å². The molecule has 1 aliphatic heterocycles. The summed E-state index contributed by atoms with van der Waals surface area (Å²) in [6.45, 7) is 2.99. The SMILES string of the molecule is CCC1CCCN1C(=O)c1ccc(N)nc1. The molecule has 2 rings (SSSR count). The fourth-order valence-electron chi connectivity index (χ4n) is 2.23. The highest BCUT2D eigenvalue weighted by Gasteiger charge is 2.27. The van der Waals surface area contributed by atoms with Crippen LogP contribution in [0, 0.1) is 0 Å². The number of nitrogens with zero attached hydrogens (tertiary/aromatic N) is 2. The molecular weight excluding hydrogens is 202 g/mol. The van der Waals surface area contributed by atoms with Crippen molar-refractivity contribution in [1.82, 2.24) is 9.88 Å². The van der Waals surface area contributed by atoms with Gasteiger partial charge in [-0.2, -0.15) is 0 Å². The van der Waals surface area contributed by atoms with E-state index in [2.05, 4.69) is 11.9 Å². The first-order valence-corrected chi connectivity index (χ1v) is 5.75. The van der Waals surface area contributed by atoms with Crippen LogP contribution in [0.15, 0.2) is 18.3 Å². The second kappa shape index (κ2) is 4.51. The number of pyridine rings is 1. The zero-order valence-electron chi connectivity index (χ0n) is 9.52. The van der Waals surface area contributed by atoms with Crippen LogP contribution in [0.5, 0.6) is 0 Å². The fraction of sp³-hybridized carbons (Fsp3) is 0.500. The smallest absolute Gasteiger partial charge is 0.255 e. The van der Waals surface area contributed by atoms with Gasteiger partial charge in [0.05, 0.1) is 5.56 Å². The van der Waals surface area contributed by atoms with E-state index >= 15 is 0 Å². The van der Waals surface area contributed by atoms with Crippen molar-refractivity contribution in [2.75, 3.05) is 12.3 Å². The van der Waals surface area contributed by atoms with Gasteiger partial charge < -0.3 is 10.6 Å². The number of anilines is 1. The van der Waals surface area contributed by atoms with Gasteiger partial charge in [0, 0.05) is 18.8 Å². The highest BCUT2D eigenvalue weighted by atomic mass is 16.2. The highest BCUT2D eigenvalue weighted by Crippen LogP contribution is 2.22. The Hall–Kier alpha value is -1.58. The number of rotatable bonds is 2. The number of hydrogen-bond donors (Lipinski definition) is 1. The molecule has 1 aliphatic rings. The van der Waals surface area contributed by atoms with Gasteiger partial charge in [-0.1, -0.05) is 6.92 Å². The molecule has 0 aliphatic carbocycles. The number of nitrogens with two attached hydrogens (primary N) is 1. The zero-order chi connectivity index (χ0) is 11.5. The van der Waals surface area contributed by atoms with Gasteiger partial charge in [-0.05, 0) is 31.4 Å². The minimum Gasteiger partial charge on any atom is -0.384 e. The molecule has 0 radical (unpaired) electrons. The summed E-state index contributed by atoms with van der Waals surface area (Å²) >= 11 is 0. The first-order valence-electron chi connectivity index (χ1n) is 5.75. The number of aromatic nitrogens is 1. The number of likely N-dealkylation sites (tertiary alicyclic amines) is 1. The molecule has 0 spiro atoms. The van der Waals surface area contributed by atoms with E-state index in [0.29, 0.717) is 17.4 Å². The Kier molecular flexibility index (Phi) is 3.08. The molecule has 0 bridgehead atoms. The zero-order valence-corrected chi connectivity index (χ0v) is 9.52. The van der Waals surface area contributed by atoms with Crippen molar-refractivity contribution in [3.05, 3.63) is 23.9 Å². The fourth-order valence-corrected chi connectivity index (χ4v) is 2.23. The van der Waals surface area contributed by atoms with Crippen LogP contribution in [0.3, 0.4) is 0 Å². The van der Waals surface area contributed by atoms with Crippen LogP contribution in [0.1, 0.15) is 36.5 Å². The molecule has 0 aromatic carbocycles. The van der Waals surface area contributed by atoms with E-state index in [4.69, 9.17) is 5.73 Å². The highest BCUT2D eigenvalue weighted by molar-refractivity contribution is 5.94. The van der Waals surface area contributed by atoms with E-state index < -0.39 is 0 Å². The van der Waals surface area contributed by atoms with Crippen LogP contribution in [0.4, 0.5) is 5.82 Å². The molecule has 4 heteroatoms. The lowest BCUT2D eigenvalue weighted by molar-refractivity contribution is 0.0733. The largest absolute Gasteiger partial charge is 0.384 e. The molecule has 2 N–H and O–H groups in total. The molecule has 4 nitrogen and oxygen atoms in total. The van der Waals surface area contributed by atoms with Gasteiger partial charge in [0.1, 0.15) is 5.82 Å². The Morgan fingerprint density at radius 1 is 1.62 bits per heavy atom. The number of hydrogen-bond acceptors (Lipinski definition) is 3. The number of nitrogen functional groups attached to an aromatic ring is 1. The van der Waals surface area contributed by atoms with Gasteiger partial charge in [-0.3, -0.25) is 4.79 Å². The lowest BCUT2D eigenvalue weighted by Crippen LogP contribution is -2.35. The first-order chi connectivity index (χ1) is 7.72. The molecule has 1 amide bonds. The molecule has 1 aromatic rings. The predicted molar refractivity (Wildman–Crippen MR) is 63.0 cm³/mol. The van der Waals surface area contributed by atoms with Crippen LogP contribution in [-0.2, 0) is 0 Å². The number of carbonyl (C=O) groups is 1. The molecule has 0 saturated carbocycles. The van der Waals surface area contributed by atoms with Crippen LogP contribution in [0.2, 0.25) is 0 Å². The van der Waals surface area contributed by atoms with Crippen molar-refractivity contribution >= 4 is 11.7 Å². The summed E-state index contributed by atoms with van der Waals surface area (Å²) in [7, 11) is 0. The third-order valence-corrected chi connectivity index (χ3v) is 3.14. The molecule has 16 heavy (non-hydrogen) atoms. The monoisotopic (exact) mass is 219 g/mol. The third-order valence-electron chi connectivity index (χ3n) is 3.14. The Morgan fingerprint density at radius 2 is 2.44 bits per heavy atom. The van der Waals surface area contributed by atoms with Gasteiger partial charge in [0.2, 0.25) is 0 Å². The number of amides is 1. The van der Waals surface area contributed by atoms with Crippen LogP contribution < -0.4 is 5.73 Å². The van der Waals surface area contributed by atoms with Crippen molar-refractivity contribution < 1.29 is 4.79 Å². The Morgan fingerprint density at radius 3 is 3.06 bits per heavy atom. The normalized spacial score (nSPS) is 20.1. The number of carbonyl (C=O) groups excluding carboxylic acids is 1. The van der Waals surface area contributed by atoms with Gasteiger partial charge in [-0.15, -0.1) is 0 Å². The summed E-state index contributed by atoms with van der Waals surface area (Å²) in [5.41, 5.74) is 6.13. The topological polar surface area (TPSA) is 59.2 Å². The summed E-state index contributed by atoms with van der Waals surface area (Å²) in [6, 6.07) is 3.81. The van der Waals surface area contributed by atoms with Crippen LogP contribution >= 0.6 is 0 Å². The average Bonchev–Trinajstić information content (AvgIpc) is 2.77. The van der Waals surface area contributed by atoms with Gasteiger partial charge in [0.15, 0.2) is 0 Å². The molecule has 2 heterocycles. The summed E-state index contributed by atoms with van der Waals surface area (Å²) in [6.07, 6.45) is 4.80. The lowest BCUT2D eigenvalue weighted by atomic mass is 10.1. The molecule has 86 valence electrons. The maximum absolute atomic E-state index is 12.2. The molecule has 1 atom stereocenters. The standard InChI is InChI=1S/C12H17N3O/c1-2-10-4-3-7-15(10)12(16)9-5-6-11(13)14-8-9/h5-6,8,10H,2-4,7H2,1H3,(H2,13,14). The Bertz CT molecular complexity index is 374. The quantitative estimate of drug-likeness (QED) is 0.823. The summed E-state index contributed by atoms with van der Waals surface area (Å²) in [5, 5.41) is 0. The predicted octanol–water partition coefficient (Wildman–Crippen LogP) is 1.68. The summed E-state index contributed by atoms with van der Waals surface area (Å²) in [5.74, 6) is 0.530. The van der Waals surface area contributed by atoms with E-state index in [1.807, 2.05) is 4.90 Å². The van der Waals surface area contributed by atoms with Crippen molar-refractivity contribution in [2.24, 2.45) is 0 Å². The van der Waals surface area contributed by atoms with Crippen molar-refractivity contribution in [3.8, 4) is 0 Å². The van der Waals surface area contributed by atoms with Crippen molar-refractivity contribution in [1.29, 1.82) is 0 Å². The summed E-state index contributed by atoms with van der Waals surface area (Å²) < 4.78 is 0. The molecule has 1 aromatic heterocycles. The molecular formula is C12H17N3O. The maximum atomic E-state index is 12.2. The summed E-state index contributed by atoms with van der Waals surface area (Å²) in [4.78, 5) is 18.1. The first kappa shape index (κ1) is 10.9. The van der Waals surface area contributed by atoms with Crippen LogP contribution in [-0.4, -0.2) is 28.4 Å². The third kappa shape index (κ3) is 2.01. The Balaban J connectivity index is 2.15. The molecule has 1 fully saturated rings. The average molecular weight is 219 g/mol. The van der Waals surface area contributed by atoms with E-state index in [1.165, 1.54) is 0 Å². The second-order valence-electron chi connectivity index (χ2n) is 4.17. The molecule has 1 saturated heterocycles. The van der Waals surface area contributed by atoms with E-state index in [-0.39, 0.29) is 5.91 Å². The maximum Gasteiger partial charge on any atom is 0.255 e. The second-order valence-corrected chi connectivity index (χ2v) is 4.17. The van der Waals surface area contributed by atoms with Gasteiger partial charge in [-0.25, -0.2) is 4.98 Å². The van der Waals surface area contributed by atoms with E-state index in [1.54, 1.807) is 18.3 Å². The minimum absolute atomic E-state index is 0.0804. The van der Waals surface area contributed by atoms with Crippen molar-refractivity contribution in [3.63, 3.8) is 0 Å². The van der Waals surface area contributed by atoms with Gasteiger partial charge in [0.25, 0.3) is 5.91 Å².